The van der Waals surface area contributed by atoms with Crippen LogP contribution >= 0.6 is 11.6 Å². The van der Waals surface area contributed by atoms with Crippen LogP contribution in [-0.2, 0) is 0 Å². The second kappa shape index (κ2) is 4.73. The van der Waals surface area contributed by atoms with E-state index in [0.29, 0.717) is 17.1 Å². The van der Waals surface area contributed by atoms with Crippen LogP contribution in [0.3, 0.4) is 0 Å². The van der Waals surface area contributed by atoms with E-state index < -0.39 is 11.9 Å². The van der Waals surface area contributed by atoms with Crippen molar-refractivity contribution in [2.45, 2.75) is 13.0 Å². The van der Waals surface area contributed by atoms with Crippen molar-refractivity contribution in [3.8, 4) is 0 Å². The van der Waals surface area contributed by atoms with Crippen LogP contribution in [0.1, 0.15) is 17.2 Å². The fourth-order valence-corrected chi connectivity index (χ4v) is 1.58. The number of aliphatic hydroxyl groups is 1. The predicted molar refractivity (Wildman–Crippen MR) is 55.0 cm³/mol. The summed E-state index contributed by atoms with van der Waals surface area (Å²) in [6.07, 6.45) is -0.864. The highest BCUT2D eigenvalue weighted by Gasteiger charge is 2.14. The van der Waals surface area contributed by atoms with Crippen LogP contribution in [0, 0.1) is 12.7 Å². The van der Waals surface area contributed by atoms with Crippen LogP contribution in [0.15, 0.2) is 12.1 Å². The highest BCUT2D eigenvalue weighted by atomic mass is 35.5. The summed E-state index contributed by atoms with van der Waals surface area (Å²) < 4.78 is 13.5. The van der Waals surface area contributed by atoms with Gasteiger partial charge in [-0.25, -0.2) is 4.39 Å². The van der Waals surface area contributed by atoms with Gasteiger partial charge < -0.3 is 10.4 Å². The van der Waals surface area contributed by atoms with E-state index in [4.69, 9.17) is 11.6 Å². The van der Waals surface area contributed by atoms with Gasteiger partial charge in [-0.3, -0.25) is 0 Å². The summed E-state index contributed by atoms with van der Waals surface area (Å²) in [5.41, 5.74) is 0.687. The maximum absolute atomic E-state index is 13.5. The fraction of sp³-hybridized carbons (Fsp3) is 0.400. The first-order valence-electron chi connectivity index (χ1n) is 4.34. The second-order valence-electron chi connectivity index (χ2n) is 3.20. The third-order valence-electron chi connectivity index (χ3n) is 2.00. The number of nitrogens with one attached hydrogen (secondary N) is 1. The van der Waals surface area contributed by atoms with Gasteiger partial charge >= 0.3 is 0 Å². The van der Waals surface area contributed by atoms with Crippen LogP contribution < -0.4 is 5.32 Å². The molecule has 0 saturated heterocycles. The highest BCUT2D eigenvalue weighted by Crippen LogP contribution is 2.24. The van der Waals surface area contributed by atoms with E-state index in [2.05, 4.69) is 5.32 Å². The lowest BCUT2D eigenvalue weighted by Crippen LogP contribution is -2.18. The summed E-state index contributed by atoms with van der Waals surface area (Å²) in [7, 11) is 1.69. The molecule has 0 aromatic heterocycles. The van der Waals surface area contributed by atoms with Gasteiger partial charge in [0.15, 0.2) is 0 Å². The largest absolute Gasteiger partial charge is 0.387 e. The average Bonchev–Trinajstić information content (AvgIpc) is 2.11. The molecule has 2 N–H and O–H groups in total. The minimum absolute atomic E-state index is 0.240. The van der Waals surface area contributed by atoms with E-state index in [9.17, 15) is 9.50 Å². The van der Waals surface area contributed by atoms with E-state index in [-0.39, 0.29) is 5.56 Å². The molecule has 78 valence electrons. The molecule has 1 unspecified atom stereocenters. The highest BCUT2D eigenvalue weighted by molar-refractivity contribution is 6.30. The SMILES string of the molecule is CNCC(O)c1cc(Cl)cc(C)c1F. The number of hydrogen-bond donors (Lipinski definition) is 2. The molecular weight excluding hydrogens is 205 g/mol. The summed E-state index contributed by atoms with van der Waals surface area (Å²) in [4.78, 5) is 0. The Morgan fingerprint density at radius 1 is 1.57 bits per heavy atom. The van der Waals surface area contributed by atoms with Gasteiger partial charge in [0.25, 0.3) is 0 Å². The third kappa shape index (κ3) is 2.44. The van der Waals surface area contributed by atoms with Gasteiger partial charge in [0, 0.05) is 17.1 Å². The standard InChI is InChI=1S/C10H13ClFNO/c1-6-3-7(11)4-8(10(6)12)9(14)5-13-2/h3-4,9,13-14H,5H2,1-2H3. The molecule has 0 aliphatic heterocycles. The topological polar surface area (TPSA) is 32.3 Å². The zero-order valence-corrected chi connectivity index (χ0v) is 8.90. The summed E-state index contributed by atoms with van der Waals surface area (Å²) in [6.45, 7) is 1.92. The molecule has 1 aromatic carbocycles. The first kappa shape index (κ1) is 11.4. The van der Waals surface area contributed by atoms with Gasteiger partial charge in [0.05, 0.1) is 6.10 Å². The molecule has 4 heteroatoms. The lowest BCUT2D eigenvalue weighted by atomic mass is 10.1. The predicted octanol–water partition coefficient (Wildman–Crippen LogP) is 2.04. The molecule has 0 radical (unpaired) electrons. The molecule has 0 saturated carbocycles. The maximum atomic E-state index is 13.5. The lowest BCUT2D eigenvalue weighted by molar-refractivity contribution is 0.173. The smallest absolute Gasteiger partial charge is 0.132 e. The Labute approximate surface area is 87.7 Å². The average molecular weight is 218 g/mol. The minimum Gasteiger partial charge on any atom is -0.387 e. The molecule has 0 aliphatic rings. The number of hydrogen-bond acceptors (Lipinski definition) is 2. The van der Waals surface area contributed by atoms with Gasteiger partial charge in [-0.1, -0.05) is 11.6 Å². The maximum Gasteiger partial charge on any atom is 0.132 e. The monoisotopic (exact) mass is 217 g/mol. The number of benzene rings is 1. The molecule has 0 amide bonds. The van der Waals surface area contributed by atoms with Crippen molar-refractivity contribution in [3.63, 3.8) is 0 Å². The fourth-order valence-electron chi connectivity index (χ4n) is 1.30. The number of likely N-dealkylation sites (N-methyl/N-ethyl adjacent to an activating group) is 1. The Kier molecular flexibility index (Phi) is 3.86. The van der Waals surface area contributed by atoms with Gasteiger partial charge in [-0.15, -0.1) is 0 Å². The van der Waals surface area contributed by atoms with Gasteiger partial charge in [0.2, 0.25) is 0 Å². The third-order valence-corrected chi connectivity index (χ3v) is 2.22. The molecule has 2 nitrogen and oxygen atoms in total. The van der Waals surface area contributed by atoms with Crippen molar-refractivity contribution >= 4 is 11.6 Å². The van der Waals surface area contributed by atoms with E-state index >= 15 is 0 Å². The summed E-state index contributed by atoms with van der Waals surface area (Å²) in [5.74, 6) is -0.392. The number of aliphatic hydroxyl groups excluding tert-OH is 1. The molecule has 1 aromatic rings. The van der Waals surface area contributed by atoms with E-state index in [1.54, 1.807) is 14.0 Å². The normalized spacial score (nSPS) is 12.9. The number of rotatable bonds is 3. The van der Waals surface area contributed by atoms with E-state index in [0.717, 1.165) is 0 Å². The van der Waals surface area contributed by atoms with Gasteiger partial charge in [-0.05, 0) is 31.7 Å². The molecule has 0 spiro atoms. The summed E-state index contributed by atoms with van der Waals surface area (Å²) in [5, 5.41) is 12.8. The minimum atomic E-state index is -0.864. The zero-order chi connectivity index (χ0) is 10.7. The molecule has 14 heavy (non-hydrogen) atoms. The van der Waals surface area contributed by atoms with Crippen molar-refractivity contribution in [2.24, 2.45) is 0 Å². The Balaban J connectivity index is 3.07. The van der Waals surface area contributed by atoms with Crippen LogP contribution in [0.4, 0.5) is 4.39 Å². The zero-order valence-electron chi connectivity index (χ0n) is 8.14. The van der Waals surface area contributed by atoms with Gasteiger partial charge in [0.1, 0.15) is 5.82 Å². The second-order valence-corrected chi connectivity index (χ2v) is 3.64. The number of halogens is 2. The molecule has 0 fully saturated rings. The quantitative estimate of drug-likeness (QED) is 0.812. The molecule has 0 heterocycles. The van der Waals surface area contributed by atoms with Crippen molar-refractivity contribution in [1.29, 1.82) is 0 Å². The van der Waals surface area contributed by atoms with Crippen LogP contribution in [0.25, 0.3) is 0 Å². The Hall–Kier alpha value is -0.640. The summed E-state index contributed by atoms with van der Waals surface area (Å²) in [6, 6.07) is 2.98. The van der Waals surface area contributed by atoms with Crippen molar-refractivity contribution in [1.82, 2.24) is 5.32 Å². The Morgan fingerprint density at radius 3 is 2.79 bits per heavy atom. The molecule has 0 aliphatic carbocycles. The summed E-state index contributed by atoms with van der Waals surface area (Å²) >= 11 is 5.77. The lowest BCUT2D eigenvalue weighted by Gasteiger charge is -2.13. The van der Waals surface area contributed by atoms with Crippen LogP contribution in [0.5, 0.6) is 0 Å². The van der Waals surface area contributed by atoms with Crippen molar-refractivity contribution in [3.05, 3.63) is 34.1 Å². The van der Waals surface area contributed by atoms with Gasteiger partial charge in [-0.2, -0.15) is 0 Å². The molecule has 1 rings (SSSR count). The van der Waals surface area contributed by atoms with Crippen LogP contribution in [0.2, 0.25) is 5.02 Å². The van der Waals surface area contributed by atoms with Crippen molar-refractivity contribution < 1.29 is 9.50 Å². The number of aryl methyl sites for hydroxylation is 1. The first-order valence-corrected chi connectivity index (χ1v) is 4.72. The molecule has 1 atom stereocenters. The van der Waals surface area contributed by atoms with E-state index in [1.165, 1.54) is 12.1 Å². The van der Waals surface area contributed by atoms with Crippen molar-refractivity contribution in [2.75, 3.05) is 13.6 Å². The Morgan fingerprint density at radius 2 is 2.21 bits per heavy atom. The first-order chi connectivity index (χ1) is 6.56. The van der Waals surface area contributed by atoms with E-state index in [1.807, 2.05) is 0 Å². The molecule has 0 bridgehead atoms. The Bertz CT molecular complexity index is 330. The van der Waals surface area contributed by atoms with Crippen LogP contribution in [-0.4, -0.2) is 18.7 Å². The molecular formula is C10H13ClFNO.